The Bertz CT molecular complexity index is 760. The van der Waals surface area contributed by atoms with Gasteiger partial charge < -0.3 is 11.5 Å². The van der Waals surface area contributed by atoms with Gasteiger partial charge in [0.05, 0.1) is 5.69 Å². The molecular weight excluding hydrogens is 232 g/mol. The average molecular weight is 238 g/mol. The maximum atomic E-state index is 8.95. The third-order valence-electron chi connectivity index (χ3n) is 2.40. The minimum Gasteiger partial charge on any atom is -0.397 e. The first kappa shape index (κ1) is 10.1. The second-order valence-corrected chi connectivity index (χ2v) is 3.54. The number of nitrogens with two attached hydrogens (primary N) is 2. The Morgan fingerprint density at radius 3 is 2.44 bits per heavy atom. The average Bonchev–Trinajstić information content (AvgIpc) is 2.72. The van der Waals surface area contributed by atoms with Crippen molar-refractivity contribution in [3.8, 4) is 6.07 Å². The van der Waals surface area contributed by atoms with Gasteiger partial charge in [-0.2, -0.15) is 5.26 Å². The Morgan fingerprint density at radius 1 is 1.00 bits per heavy atom. The summed E-state index contributed by atoms with van der Waals surface area (Å²) in [6.45, 7) is 0. The number of hydrogen-bond donors (Lipinski definition) is 2. The van der Waals surface area contributed by atoms with Crippen LogP contribution in [0.3, 0.4) is 0 Å². The lowest BCUT2D eigenvalue weighted by Crippen LogP contribution is -1.95. The minimum atomic E-state index is 0.0122. The first-order valence-electron chi connectivity index (χ1n) is 4.93. The first-order valence-corrected chi connectivity index (χ1v) is 4.93. The largest absolute Gasteiger partial charge is 0.397 e. The topological polar surface area (TPSA) is 140 Å². The predicted octanol–water partition coefficient (Wildman–Crippen LogP) is 0.00408. The van der Waals surface area contributed by atoms with Crippen molar-refractivity contribution < 1.29 is 0 Å². The molecule has 0 spiro atoms. The Labute approximate surface area is 100 Å². The van der Waals surface area contributed by atoms with Crippen LogP contribution < -0.4 is 11.5 Å². The van der Waals surface area contributed by atoms with Crippen LogP contribution in [0.4, 0.5) is 11.5 Å². The molecule has 3 aromatic heterocycles. The highest BCUT2D eigenvalue weighted by atomic mass is 15.1. The summed E-state index contributed by atoms with van der Waals surface area (Å²) in [4.78, 5) is 20.3. The Kier molecular flexibility index (Phi) is 1.94. The zero-order valence-electron chi connectivity index (χ0n) is 8.99. The minimum absolute atomic E-state index is 0.0122. The zero-order chi connectivity index (χ0) is 12.7. The number of nitriles is 1. The highest BCUT2D eigenvalue weighted by Crippen LogP contribution is 2.20. The predicted molar refractivity (Wildman–Crippen MR) is 64.0 cm³/mol. The normalized spacial score (nSPS) is 10.6. The van der Waals surface area contributed by atoms with Gasteiger partial charge in [0, 0.05) is 0 Å². The van der Waals surface area contributed by atoms with E-state index < -0.39 is 0 Å². The SMILES string of the molecule is N#Cc1c(N)cc2nc3ncnc3nc2nc1N. The lowest BCUT2D eigenvalue weighted by atomic mass is 10.2. The molecule has 0 atom stereocenters. The fraction of sp³-hybridized carbons (Fsp3) is 0. The van der Waals surface area contributed by atoms with E-state index in [9.17, 15) is 0 Å². The molecule has 86 valence electrons. The van der Waals surface area contributed by atoms with Crippen LogP contribution in [0.15, 0.2) is 12.4 Å². The maximum absolute atomic E-state index is 8.95. The van der Waals surface area contributed by atoms with Crippen molar-refractivity contribution in [3.63, 3.8) is 0 Å². The molecule has 0 saturated carbocycles. The lowest BCUT2D eigenvalue weighted by Gasteiger charge is -1.91. The van der Waals surface area contributed by atoms with Crippen molar-refractivity contribution >= 4 is 34.0 Å². The van der Waals surface area contributed by atoms with Crippen molar-refractivity contribution in [2.45, 2.75) is 0 Å². The molecule has 0 radical (unpaired) electrons. The summed E-state index contributed by atoms with van der Waals surface area (Å²) in [6.07, 6.45) is 1.36. The lowest BCUT2D eigenvalue weighted by molar-refractivity contribution is 1.28. The van der Waals surface area contributed by atoms with E-state index in [1.807, 2.05) is 6.07 Å². The Hall–Kier alpha value is -3.08. The molecule has 8 nitrogen and oxygen atoms in total. The molecule has 0 unspecified atom stereocenters. The van der Waals surface area contributed by atoms with E-state index in [-0.39, 0.29) is 22.7 Å². The summed E-state index contributed by atoms with van der Waals surface area (Å²) >= 11 is 0. The second-order valence-electron chi connectivity index (χ2n) is 3.54. The fourth-order valence-corrected chi connectivity index (χ4v) is 1.57. The highest BCUT2D eigenvalue weighted by molar-refractivity contribution is 5.83. The summed E-state index contributed by atoms with van der Waals surface area (Å²) in [6, 6.07) is 3.39. The summed E-state index contributed by atoms with van der Waals surface area (Å²) in [7, 11) is 0. The second kappa shape index (κ2) is 3.46. The van der Waals surface area contributed by atoms with Crippen LogP contribution in [0.5, 0.6) is 0 Å². The zero-order valence-corrected chi connectivity index (χ0v) is 8.99. The van der Waals surface area contributed by atoms with Gasteiger partial charge in [-0.25, -0.2) is 24.9 Å². The van der Waals surface area contributed by atoms with Gasteiger partial charge in [0.25, 0.3) is 0 Å². The van der Waals surface area contributed by atoms with E-state index in [2.05, 4.69) is 24.9 Å². The van der Waals surface area contributed by atoms with E-state index in [4.69, 9.17) is 16.7 Å². The van der Waals surface area contributed by atoms with Gasteiger partial charge in [0.15, 0.2) is 11.3 Å². The third kappa shape index (κ3) is 1.35. The number of anilines is 2. The monoisotopic (exact) mass is 238 g/mol. The van der Waals surface area contributed by atoms with Gasteiger partial charge in [-0.3, -0.25) is 0 Å². The molecular formula is C10H6N8. The molecule has 3 heterocycles. The number of rotatable bonds is 0. The maximum Gasteiger partial charge on any atom is 0.201 e. The van der Waals surface area contributed by atoms with Gasteiger partial charge in [0.1, 0.15) is 29.3 Å². The number of nitrogen functional groups attached to an aromatic ring is 2. The number of nitrogens with zero attached hydrogens (tertiary/aromatic N) is 6. The molecule has 0 saturated heterocycles. The van der Waals surface area contributed by atoms with Crippen molar-refractivity contribution in [3.05, 3.63) is 18.0 Å². The molecule has 0 aliphatic heterocycles. The fourth-order valence-electron chi connectivity index (χ4n) is 1.57. The Morgan fingerprint density at radius 2 is 1.72 bits per heavy atom. The van der Waals surface area contributed by atoms with Gasteiger partial charge >= 0.3 is 0 Å². The molecule has 0 fully saturated rings. The van der Waals surface area contributed by atoms with E-state index >= 15 is 0 Å². The molecule has 4 N–H and O–H groups in total. The van der Waals surface area contributed by atoms with Gasteiger partial charge in [-0.15, -0.1) is 0 Å². The molecule has 0 aliphatic carbocycles. The van der Waals surface area contributed by atoms with Gasteiger partial charge in [-0.05, 0) is 6.07 Å². The van der Waals surface area contributed by atoms with Crippen LogP contribution in [0.25, 0.3) is 22.5 Å². The van der Waals surface area contributed by atoms with Crippen molar-refractivity contribution in [1.82, 2.24) is 24.9 Å². The van der Waals surface area contributed by atoms with Crippen LogP contribution in [0.2, 0.25) is 0 Å². The molecule has 8 heteroatoms. The summed E-state index contributed by atoms with van der Waals surface area (Å²) in [5, 5.41) is 8.95. The Balaban J connectivity index is 2.52. The van der Waals surface area contributed by atoms with Crippen LogP contribution in [0.1, 0.15) is 5.56 Å². The van der Waals surface area contributed by atoms with Gasteiger partial charge in [-0.1, -0.05) is 0 Å². The van der Waals surface area contributed by atoms with Crippen LogP contribution >= 0.6 is 0 Å². The molecule has 3 rings (SSSR count). The number of aromatic nitrogens is 5. The number of hydrogen-bond acceptors (Lipinski definition) is 8. The van der Waals surface area contributed by atoms with E-state index in [0.29, 0.717) is 16.8 Å². The smallest absolute Gasteiger partial charge is 0.201 e. The van der Waals surface area contributed by atoms with E-state index in [1.165, 1.54) is 12.4 Å². The third-order valence-corrected chi connectivity index (χ3v) is 2.40. The van der Waals surface area contributed by atoms with E-state index in [0.717, 1.165) is 0 Å². The summed E-state index contributed by atoms with van der Waals surface area (Å²) in [5.41, 5.74) is 13.2. The van der Waals surface area contributed by atoms with Crippen LogP contribution in [-0.4, -0.2) is 24.9 Å². The standard InChI is InChI=1S/C10H6N8/c11-2-4-5(12)1-6-8(17-7(4)13)18-10-9(16-6)14-3-15-10/h1,3H,12H2,(H2,13,14,15,16,17,18). The van der Waals surface area contributed by atoms with Crippen molar-refractivity contribution in [1.29, 1.82) is 5.26 Å². The van der Waals surface area contributed by atoms with Crippen LogP contribution in [0, 0.1) is 11.3 Å². The molecule has 18 heavy (non-hydrogen) atoms. The van der Waals surface area contributed by atoms with E-state index in [1.54, 1.807) is 0 Å². The molecule has 0 aliphatic rings. The molecule has 3 aromatic rings. The number of imidazole rings is 1. The first-order chi connectivity index (χ1) is 8.69. The molecule has 0 bridgehead atoms. The quantitative estimate of drug-likeness (QED) is 0.557. The van der Waals surface area contributed by atoms with Gasteiger partial charge in [0.2, 0.25) is 5.65 Å². The summed E-state index contributed by atoms with van der Waals surface area (Å²) in [5.74, 6) is 0.0122. The van der Waals surface area contributed by atoms with Crippen LogP contribution in [-0.2, 0) is 0 Å². The molecule has 0 aromatic carbocycles. The van der Waals surface area contributed by atoms with Crippen molar-refractivity contribution in [2.24, 2.45) is 0 Å². The molecule has 0 amide bonds. The highest BCUT2D eigenvalue weighted by Gasteiger charge is 2.09. The number of fused-ring (bicyclic) bond motifs is 2. The summed E-state index contributed by atoms with van der Waals surface area (Å²) < 4.78 is 0. The van der Waals surface area contributed by atoms with Crippen molar-refractivity contribution in [2.75, 3.05) is 11.5 Å².